The lowest BCUT2D eigenvalue weighted by Gasteiger charge is -2.16. The first-order valence-corrected chi connectivity index (χ1v) is 9.96. The molecule has 2 rings (SSSR count). The molecule has 12 N–H and O–H groups in total. The standard InChI is InChI=1S/C22H30N8O2/c23-19(24)11-17(21(27)28)13-1-5-15(6-2-13)31-9-10-32-16-7-3-14(4-8-16)18(22(29)30)12-20(25)26/h1-8,17-18H,9-12H2,(H3,23,24)(H3,25,26)(H3,27,28)(H3,29,30). The van der Waals surface area contributed by atoms with Crippen molar-refractivity contribution in [1.82, 2.24) is 0 Å². The van der Waals surface area contributed by atoms with Gasteiger partial charge in [-0.15, -0.1) is 0 Å². The molecule has 170 valence electrons. The Morgan fingerprint density at radius 2 is 0.906 bits per heavy atom. The lowest BCUT2D eigenvalue weighted by molar-refractivity contribution is 0.217. The van der Waals surface area contributed by atoms with E-state index in [2.05, 4.69) is 0 Å². The maximum Gasteiger partial charge on any atom is 0.122 e. The molecule has 2 aromatic carbocycles. The fourth-order valence-electron chi connectivity index (χ4n) is 3.17. The summed E-state index contributed by atoms with van der Waals surface area (Å²) >= 11 is 0. The highest BCUT2D eigenvalue weighted by Gasteiger charge is 2.17. The number of ether oxygens (including phenoxy) is 2. The first-order chi connectivity index (χ1) is 15.2. The second-order valence-electron chi connectivity index (χ2n) is 7.31. The summed E-state index contributed by atoms with van der Waals surface area (Å²) in [6, 6.07) is 14.3. The van der Waals surface area contributed by atoms with Gasteiger partial charge in [0.05, 0.1) is 23.3 Å². The monoisotopic (exact) mass is 438 g/mol. The van der Waals surface area contributed by atoms with Gasteiger partial charge < -0.3 is 32.4 Å². The number of hydrogen-bond acceptors (Lipinski definition) is 6. The van der Waals surface area contributed by atoms with Gasteiger partial charge in [0, 0.05) is 24.7 Å². The Kier molecular flexibility index (Phi) is 8.58. The quantitative estimate of drug-likeness (QED) is 0.132. The van der Waals surface area contributed by atoms with Crippen molar-refractivity contribution in [3.8, 4) is 11.5 Å². The van der Waals surface area contributed by atoms with Crippen LogP contribution in [0.5, 0.6) is 11.5 Å². The Morgan fingerprint density at radius 1 is 0.594 bits per heavy atom. The molecule has 0 bridgehead atoms. The van der Waals surface area contributed by atoms with Gasteiger partial charge in [-0.25, -0.2) is 0 Å². The topological polar surface area (TPSA) is 218 Å². The van der Waals surface area contributed by atoms with Crippen LogP contribution in [-0.4, -0.2) is 36.6 Å². The highest BCUT2D eigenvalue weighted by Crippen LogP contribution is 2.24. The first kappa shape index (κ1) is 24.2. The number of hydrogen-bond donors (Lipinski definition) is 8. The van der Waals surface area contributed by atoms with E-state index in [1.807, 2.05) is 0 Å². The van der Waals surface area contributed by atoms with Crippen molar-refractivity contribution in [2.45, 2.75) is 24.7 Å². The normalized spacial score (nSPS) is 12.4. The molecular formula is C22H30N8O2. The minimum absolute atomic E-state index is 0.0219. The lowest BCUT2D eigenvalue weighted by atomic mass is 9.94. The van der Waals surface area contributed by atoms with Crippen molar-refractivity contribution >= 4 is 23.3 Å². The average molecular weight is 439 g/mol. The highest BCUT2D eigenvalue weighted by atomic mass is 16.5. The Labute approximate surface area is 186 Å². The van der Waals surface area contributed by atoms with E-state index >= 15 is 0 Å². The molecule has 2 atom stereocenters. The smallest absolute Gasteiger partial charge is 0.122 e. The second kappa shape index (κ2) is 11.3. The summed E-state index contributed by atoms with van der Waals surface area (Å²) in [5, 5.41) is 30.2. The van der Waals surface area contributed by atoms with Gasteiger partial charge in [-0.1, -0.05) is 24.3 Å². The van der Waals surface area contributed by atoms with Crippen molar-refractivity contribution in [2.75, 3.05) is 13.2 Å². The van der Waals surface area contributed by atoms with Crippen LogP contribution < -0.4 is 32.4 Å². The molecule has 2 aromatic rings. The third-order valence-corrected chi connectivity index (χ3v) is 4.78. The van der Waals surface area contributed by atoms with E-state index in [1.165, 1.54) is 0 Å². The van der Waals surface area contributed by atoms with Gasteiger partial charge >= 0.3 is 0 Å². The molecule has 0 heterocycles. The van der Waals surface area contributed by atoms with Crippen molar-refractivity contribution in [2.24, 2.45) is 22.9 Å². The number of nitrogens with one attached hydrogen (secondary N) is 4. The van der Waals surface area contributed by atoms with Crippen LogP contribution in [0, 0.1) is 21.6 Å². The molecule has 10 nitrogen and oxygen atoms in total. The lowest BCUT2D eigenvalue weighted by Crippen LogP contribution is -2.25. The summed E-state index contributed by atoms with van der Waals surface area (Å²) in [6.45, 7) is 0.649. The summed E-state index contributed by atoms with van der Waals surface area (Å²) in [7, 11) is 0. The van der Waals surface area contributed by atoms with Gasteiger partial charge in [0.25, 0.3) is 0 Å². The van der Waals surface area contributed by atoms with Crippen LogP contribution in [0.1, 0.15) is 35.8 Å². The number of amidine groups is 4. The van der Waals surface area contributed by atoms with Crippen LogP contribution >= 0.6 is 0 Å². The fraction of sp³-hybridized carbons (Fsp3) is 0.273. The third kappa shape index (κ3) is 7.31. The van der Waals surface area contributed by atoms with E-state index in [9.17, 15) is 0 Å². The number of nitrogens with two attached hydrogens (primary N) is 4. The Morgan fingerprint density at radius 3 is 1.16 bits per heavy atom. The Bertz CT molecular complexity index is 877. The summed E-state index contributed by atoms with van der Waals surface area (Å²) in [5.41, 5.74) is 23.7. The maximum absolute atomic E-state index is 7.69. The van der Waals surface area contributed by atoms with Crippen LogP contribution in [-0.2, 0) is 0 Å². The van der Waals surface area contributed by atoms with E-state index in [4.69, 9.17) is 54.0 Å². The van der Waals surface area contributed by atoms with E-state index in [-0.39, 0.29) is 36.2 Å². The van der Waals surface area contributed by atoms with Gasteiger partial charge in [0.2, 0.25) is 0 Å². The second-order valence-corrected chi connectivity index (χ2v) is 7.31. The van der Waals surface area contributed by atoms with Crippen molar-refractivity contribution in [3.05, 3.63) is 59.7 Å². The van der Waals surface area contributed by atoms with E-state index in [1.54, 1.807) is 48.5 Å². The molecule has 0 spiro atoms. The molecule has 0 radical (unpaired) electrons. The predicted octanol–water partition coefficient (Wildman–Crippen LogP) is 1.84. The van der Waals surface area contributed by atoms with Crippen LogP contribution in [0.3, 0.4) is 0 Å². The molecule has 0 fully saturated rings. The average Bonchev–Trinajstić information content (AvgIpc) is 2.74. The molecule has 0 aliphatic heterocycles. The molecule has 0 amide bonds. The Balaban J connectivity index is 1.85. The molecule has 0 saturated carbocycles. The zero-order chi connectivity index (χ0) is 23.7. The van der Waals surface area contributed by atoms with Crippen molar-refractivity contribution in [1.29, 1.82) is 21.6 Å². The van der Waals surface area contributed by atoms with Crippen LogP contribution in [0.15, 0.2) is 48.5 Å². The van der Waals surface area contributed by atoms with E-state index < -0.39 is 11.8 Å². The third-order valence-electron chi connectivity index (χ3n) is 4.78. The molecule has 10 heteroatoms. The maximum atomic E-state index is 7.69. The minimum atomic E-state index is -0.425. The van der Waals surface area contributed by atoms with Gasteiger partial charge in [-0.3, -0.25) is 21.6 Å². The largest absolute Gasteiger partial charge is 0.490 e. The summed E-state index contributed by atoms with van der Waals surface area (Å²) < 4.78 is 11.4. The number of rotatable bonds is 13. The SMILES string of the molecule is N=C(N)CC(C(=N)N)c1ccc(OCCOc2ccc(C(CC(=N)N)C(=N)N)cc2)cc1. The summed E-state index contributed by atoms with van der Waals surface area (Å²) in [4.78, 5) is 0. The molecule has 0 saturated heterocycles. The van der Waals surface area contributed by atoms with Gasteiger partial charge in [0.1, 0.15) is 24.7 Å². The zero-order valence-electron chi connectivity index (χ0n) is 17.7. The summed E-state index contributed by atoms with van der Waals surface area (Å²) in [6.07, 6.45) is 0.397. The van der Waals surface area contributed by atoms with Crippen LogP contribution in [0.25, 0.3) is 0 Å². The Hall–Kier alpha value is -4.08. The molecule has 0 aromatic heterocycles. The van der Waals surface area contributed by atoms with Gasteiger partial charge in [-0.2, -0.15) is 0 Å². The minimum Gasteiger partial charge on any atom is -0.490 e. The van der Waals surface area contributed by atoms with E-state index in [0.717, 1.165) is 11.1 Å². The van der Waals surface area contributed by atoms with Crippen LogP contribution in [0.2, 0.25) is 0 Å². The molecular weight excluding hydrogens is 408 g/mol. The predicted molar refractivity (Wildman–Crippen MR) is 126 cm³/mol. The number of benzene rings is 2. The van der Waals surface area contributed by atoms with Crippen molar-refractivity contribution in [3.63, 3.8) is 0 Å². The molecule has 0 aliphatic rings. The van der Waals surface area contributed by atoms with Gasteiger partial charge in [0.15, 0.2) is 0 Å². The van der Waals surface area contributed by atoms with E-state index in [0.29, 0.717) is 24.7 Å². The zero-order valence-corrected chi connectivity index (χ0v) is 17.7. The first-order valence-electron chi connectivity index (χ1n) is 9.96. The highest BCUT2D eigenvalue weighted by molar-refractivity contribution is 5.91. The molecule has 2 unspecified atom stereocenters. The fourth-order valence-corrected chi connectivity index (χ4v) is 3.17. The summed E-state index contributed by atoms with van der Waals surface area (Å²) in [5.74, 6) is 0.320. The van der Waals surface area contributed by atoms with Crippen LogP contribution in [0.4, 0.5) is 0 Å². The van der Waals surface area contributed by atoms with Gasteiger partial charge in [-0.05, 0) is 35.4 Å². The molecule has 0 aliphatic carbocycles. The molecule has 32 heavy (non-hydrogen) atoms. The van der Waals surface area contributed by atoms with Crippen molar-refractivity contribution < 1.29 is 9.47 Å².